The molecule has 7 nitrogen and oxygen atoms in total. The number of aryl methyl sites for hydroxylation is 1. The number of H-pyrrole nitrogens is 1. The van der Waals surface area contributed by atoms with Gasteiger partial charge in [-0.2, -0.15) is 16.1 Å². The SMILES string of the molecule is Cc1ncc(S(=O)(=O)N2CCSCC2S(C)(=O)=O)[nH]1. The van der Waals surface area contributed by atoms with Crippen molar-refractivity contribution in [2.75, 3.05) is 24.3 Å². The van der Waals surface area contributed by atoms with E-state index in [4.69, 9.17) is 0 Å². The van der Waals surface area contributed by atoms with E-state index >= 15 is 0 Å². The minimum absolute atomic E-state index is 0.0643. The number of thioether (sulfide) groups is 1. The molecule has 10 heteroatoms. The Morgan fingerprint density at radius 2 is 2.11 bits per heavy atom. The molecule has 1 saturated heterocycles. The third kappa shape index (κ3) is 2.96. The topological polar surface area (TPSA) is 100 Å². The summed E-state index contributed by atoms with van der Waals surface area (Å²) in [5, 5.41) is -1.08. The number of aromatic nitrogens is 2. The highest BCUT2D eigenvalue weighted by Gasteiger charge is 2.40. The lowest BCUT2D eigenvalue weighted by Crippen LogP contribution is -2.49. The Bertz CT molecular complexity index is 665. The van der Waals surface area contributed by atoms with Crippen LogP contribution in [0.4, 0.5) is 0 Å². The number of rotatable bonds is 3. The smallest absolute Gasteiger partial charge is 0.261 e. The zero-order valence-corrected chi connectivity index (χ0v) is 13.0. The molecule has 1 unspecified atom stereocenters. The second kappa shape index (κ2) is 5.08. The van der Waals surface area contributed by atoms with Crippen molar-refractivity contribution >= 4 is 31.6 Å². The van der Waals surface area contributed by atoms with Crippen LogP contribution < -0.4 is 0 Å². The van der Waals surface area contributed by atoms with Gasteiger partial charge >= 0.3 is 0 Å². The lowest BCUT2D eigenvalue weighted by atomic mass is 10.6. The Morgan fingerprint density at radius 3 is 2.63 bits per heavy atom. The largest absolute Gasteiger partial charge is 0.332 e. The Hall–Kier alpha value is -0.580. The van der Waals surface area contributed by atoms with E-state index in [1.165, 1.54) is 18.0 Å². The molecule has 1 fully saturated rings. The molecule has 1 aromatic heterocycles. The molecule has 0 spiro atoms. The first-order chi connectivity index (χ1) is 8.73. The van der Waals surface area contributed by atoms with Gasteiger partial charge in [0.05, 0.1) is 6.20 Å². The first-order valence-corrected chi connectivity index (χ1v) is 10.1. The monoisotopic (exact) mass is 325 g/mol. The van der Waals surface area contributed by atoms with Gasteiger partial charge in [0.1, 0.15) is 11.2 Å². The van der Waals surface area contributed by atoms with Crippen molar-refractivity contribution in [3.8, 4) is 0 Å². The fourth-order valence-corrected chi connectivity index (χ4v) is 6.97. The number of aromatic amines is 1. The lowest BCUT2D eigenvalue weighted by Gasteiger charge is -2.32. The Morgan fingerprint density at radius 1 is 1.42 bits per heavy atom. The standard InChI is InChI=1S/C9H15N3O4S3/c1-7-10-5-8(11-7)19(15,16)12-3-4-17-6-9(12)18(2,13)14/h5,9H,3-4,6H2,1-2H3,(H,10,11). The summed E-state index contributed by atoms with van der Waals surface area (Å²) in [6, 6.07) is 0. The molecule has 0 saturated carbocycles. The molecular formula is C9H15N3O4S3. The van der Waals surface area contributed by atoms with Gasteiger partial charge in [-0.25, -0.2) is 21.8 Å². The normalized spacial score (nSPS) is 22.5. The molecule has 2 rings (SSSR count). The number of nitrogens with one attached hydrogen (secondary N) is 1. The fraction of sp³-hybridized carbons (Fsp3) is 0.667. The number of hydrogen-bond acceptors (Lipinski definition) is 6. The molecule has 1 atom stereocenters. The molecule has 108 valence electrons. The van der Waals surface area contributed by atoms with Crippen molar-refractivity contribution in [1.29, 1.82) is 0 Å². The van der Waals surface area contributed by atoms with E-state index in [-0.39, 0.29) is 17.3 Å². The minimum Gasteiger partial charge on any atom is -0.332 e. The highest BCUT2D eigenvalue weighted by molar-refractivity contribution is 8.01. The number of sulfonamides is 1. The lowest BCUT2D eigenvalue weighted by molar-refractivity contribution is 0.403. The summed E-state index contributed by atoms with van der Waals surface area (Å²) in [5.41, 5.74) is 0. The number of hydrogen-bond donors (Lipinski definition) is 1. The molecule has 0 radical (unpaired) electrons. The highest BCUT2D eigenvalue weighted by atomic mass is 32.2. The van der Waals surface area contributed by atoms with Gasteiger partial charge in [-0.05, 0) is 6.92 Å². The Kier molecular flexibility index (Phi) is 3.96. The maximum Gasteiger partial charge on any atom is 0.261 e. The molecule has 1 N–H and O–H groups in total. The van der Waals surface area contributed by atoms with Crippen LogP contribution in [0.25, 0.3) is 0 Å². The summed E-state index contributed by atoms with van der Waals surface area (Å²) in [5.74, 6) is 1.31. The van der Waals surface area contributed by atoms with E-state index in [2.05, 4.69) is 9.97 Å². The van der Waals surface area contributed by atoms with E-state index in [0.717, 1.165) is 10.6 Å². The van der Waals surface area contributed by atoms with Gasteiger partial charge in [0, 0.05) is 24.3 Å². The highest BCUT2D eigenvalue weighted by Crippen LogP contribution is 2.26. The summed E-state index contributed by atoms with van der Waals surface area (Å²) in [6.07, 6.45) is 2.27. The molecule has 0 bridgehead atoms. The summed E-state index contributed by atoms with van der Waals surface area (Å²) in [4.78, 5) is 6.49. The third-order valence-electron chi connectivity index (χ3n) is 2.80. The molecule has 0 aromatic carbocycles. The molecule has 1 aromatic rings. The zero-order chi connectivity index (χ0) is 14.3. The number of nitrogens with zero attached hydrogens (tertiary/aromatic N) is 2. The van der Waals surface area contributed by atoms with Gasteiger partial charge in [-0.3, -0.25) is 0 Å². The van der Waals surface area contributed by atoms with Gasteiger partial charge in [0.2, 0.25) is 0 Å². The van der Waals surface area contributed by atoms with Crippen molar-refractivity contribution in [3.05, 3.63) is 12.0 Å². The second-order valence-corrected chi connectivity index (χ2v) is 9.52. The summed E-state index contributed by atoms with van der Waals surface area (Å²) in [6.45, 7) is 1.82. The van der Waals surface area contributed by atoms with Crippen LogP contribution in [-0.2, 0) is 19.9 Å². The molecule has 1 aliphatic heterocycles. The van der Waals surface area contributed by atoms with Gasteiger partial charge in [0.15, 0.2) is 14.9 Å². The van der Waals surface area contributed by atoms with Crippen LogP contribution in [-0.4, -0.2) is 60.8 Å². The van der Waals surface area contributed by atoms with Crippen LogP contribution >= 0.6 is 11.8 Å². The van der Waals surface area contributed by atoms with Crippen molar-refractivity contribution in [2.24, 2.45) is 0 Å². The molecule has 19 heavy (non-hydrogen) atoms. The van der Waals surface area contributed by atoms with Crippen LogP contribution in [0.2, 0.25) is 0 Å². The Labute approximate surface area is 116 Å². The van der Waals surface area contributed by atoms with Crippen molar-refractivity contribution in [1.82, 2.24) is 14.3 Å². The summed E-state index contributed by atoms with van der Waals surface area (Å²) in [7, 11) is -7.32. The van der Waals surface area contributed by atoms with Gasteiger partial charge in [-0.15, -0.1) is 0 Å². The summed E-state index contributed by atoms with van der Waals surface area (Å²) < 4.78 is 49.4. The van der Waals surface area contributed by atoms with Crippen LogP contribution in [0.5, 0.6) is 0 Å². The molecule has 0 aliphatic carbocycles. The predicted molar refractivity (Wildman–Crippen MR) is 73.2 cm³/mol. The molecule has 1 aliphatic rings. The maximum atomic E-state index is 12.4. The minimum atomic E-state index is -3.85. The Balaban J connectivity index is 2.43. The van der Waals surface area contributed by atoms with Crippen LogP contribution in [0.1, 0.15) is 5.82 Å². The van der Waals surface area contributed by atoms with E-state index in [0.29, 0.717) is 11.6 Å². The molecular weight excluding hydrogens is 310 g/mol. The van der Waals surface area contributed by atoms with Crippen molar-refractivity contribution in [3.63, 3.8) is 0 Å². The number of imidazole rings is 1. The van der Waals surface area contributed by atoms with Gasteiger partial charge in [-0.1, -0.05) is 0 Å². The summed E-state index contributed by atoms with van der Waals surface area (Å²) >= 11 is 1.44. The fourth-order valence-electron chi connectivity index (χ4n) is 1.83. The first-order valence-electron chi connectivity index (χ1n) is 5.53. The molecule has 0 amide bonds. The average molecular weight is 325 g/mol. The van der Waals surface area contributed by atoms with Crippen molar-refractivity contribution in [2.45, 2.75) is 17.3 Å². The van der Waals surface area contributed by atoms with Crippen LogP contribution in [0, 0.1) is 6.92 Å². The average Bonchev–Trinajstić information content (AvgIpc) is 2.75. The third-order valence-corrected chi connectivity index (χ3v) is 7.39. The van der Waals surface area contributed by atoms with E-state index in [9.17, 15) is 16.8 Å². The van der Waals surface area contributed by atoms with E-state index in [1.54, 1.807) is 6.92 Å². The van der Waals surface area contributed by atoms with E-state index < -0.39 is 25.2 Å². The zero-order valence-electron chi connectivity index (χ0n) is 10.5. The quantitative estimate of drug-likeness (QED) is 0.828. The van der Waals surface area contributed by atoms with Gasteiger partial charge in [0.25, 0.3) is 10.0 Å². The van der Waals surface area contributed by atoms with Crippen LogP contribution in [0.15, 0.2) is 11.2 Å². The number of sulfone groups is 1. The second-order valence-electron chi connectivity index (χ2n) is 4.31. The van der Waals surface area contributed by atoms with E-state index in [1.807, 2.05) is 0 Å². The van der Waals surface area contributed by atoms with Crippen molar-refractivity contribution < 1.29 is 16.8 Å². The first kappa shape index (κ1) is 14.8. The van der Waals surface area contributed by atoms with Gasteiger partial charge < -0.3 is 4.98 Å². The maximum absolute atomic E-state index is 12.4. The van der Waals surface area contributed by atoms with Crippen LogP contribution in [0.3, 0.4) is 0 Å². The molecule has 2 heterocycles. The predicted octanol–water partition coefficient (Wildman–Crippen LogP) is -0.174.